The summed E-state index contributed by atoms with van der Waals surface area (Å²) in [5.74, 6) is 0.989. The summed E-state index contributed by atoms with van der Waals surface area (Å²) in [5.41, 5.74) is 2.35. The fourth-order valence-corrected chi connectivity index (χ4v) is 4.08. The van der Waals surface area contributed by atoms with Crippen LogP contribution in [-0.2, 0) is 0 Å². The fraction of sp³-hybridized carbons (Fsp3) is 0.733. The highest BCUT2D eigenvalue weighted by Crippen LogP contribution is 2.46. The molecule has 3 fully saturated rings. The first kappa shape index (κ1) is 11.9. The van der Waals surface area contributed by atoms with Crippen LogP contribution in [0, 0.1) is 5.41 Å². The van der Waals surface area contributed by atoms with E-state index in [1.54, 1.807) is 6.33 Å². The molecule has 6 heteroatoms. The minimum Gasteiger partial charge on any atom is -0.353 e. The maximum Gasteiger partial charge on any atom is 0.184 e. The molecule has 2 aromatic rings. The van der Waals surface area contributed by atoms with Gasteiger partial charge in [0.25, 0.3) is 0 Å². The molecule has 2 aromatic heterocycles. The van der Waals surface area contributed by atoms with Crippen molar-refractivity contribution >= 4 is 17.0 Å². The number of hydrogen-bond acceptors (Lipinski definition) is 5. The lowest BCUT2D eigenvalue weighted by Crippen LogP contribution is -2.57. The van der Waals surface area contributed by atoms with E-state index in [0.29, 0.717) is 11.5 Å². The monoisotopic (exact) mass is 284 g/mol. The Kier molecular flexibility index (Phi) is 2.35. The number of hydrogen-bond donors (Lipinski definition) is 0. The molecular formula is C15H20N6. The van der Waals surface area contributed by atoms with Crippen LogP contribution in [0.2, 0.25) is 0 Å². The zero-order valence-electron chi connectivity index (χ0n) is 12.2. The Labute approximate surface area is 123 Å². The lowest BCUT2D eigenvalue weighted by molar-refractivity contribution is 0.139. The molecule has 6 nitrogen and oxygen atoms in total. The van der Waals surface area contributed by atoms with Crippen molar-refractivity contribution < 1.29 is 0 Å². The van der Waals surface area contributed by atoms with Crippen LogP contribution in [0.5, 0.6) is 0 Å². The summed E-state index contributed by atoms with van der Waals surface area (Å²) in [4.78, 5) is 11.3. The number of nitrogens with zero attached hydrogens (tertiary/aromatic N) is 6. The molecule has 2 saturated carbocycles. The number of rotatable bonds is 2. The van der Waals surface area contributed by atoms with E-state index in [9.17, 15) is 0 Å². The van der Waals surface area contributed by atoms with Crippen molar-refractivity contribution in [1.29, 1.82) is 0 Å². The predicted molar refractivity (Wildman–Crippen MR) is 79.1 cm³/mol. The largest absolute Gasteiger partial charge is 0.353 e. The Morgan fingerprint density at radius 3 is 2.62 bits per heavy atom. The molecular weight excluding hydrogens is 264 g/mol. The van der Waals surface area contributed by atoms with Crippen LogP contribution < -0.4 is 4.90 Å². The van der Waals surface area contributed by atoms with E-state index >= 15 is 0 Å². The highest BCUT2D eigenvalue weighted by molar-refractivity contribution is 5.83. The highest BCUT2D eigenvalue weighted by Gasteiger charge is 2.44. The topological polar surface area (TPSA) is 59.7 Å². The molecule has 2 aliphatic carbocycles. The maximum atomic E-state index is 4.50. The first-order valence-corrected chi connectivity index (χ1v) is 8.16. The van der Waals surface area contributed by atoms with Gasteiger partial charge in [-0.25, -0.2) is 14.6 Å². The Morgan fingerprint density at radius 1 is 1.05 bits per heavy atom. The van der Waals surface area contributed by atoms with Crippen LogP contribution in [0.4, 0.5) is 5.82 Å². The molecule has 3 aliphatic rings. The first-order valence-electron chi connectivity index (χ1n) is 8.16. The molecule has 0 aromatic carbocycles. The normalized spacial score (nSPS) is 24.5. The molecule has 1 spiro atoms. The molecule has 110 valence electrons. The molecule has 0 atom stereocenters. The van der Waals surface area contributed by atoms with Crippen LogP contribution in [-0.4, -0.2) is 38.1 Å². The minimum absolute atomic E-state index is 0.513. The summed E-state index contributed by atoms with van der Waals surface area (Å²) < 4.78 is 1.98. The van der Waals surface area contributed by atoms with Gasteiger partial charge in [0, 0.05) is 18.5 Å². The Hall–Kier alpha value is -1.72. The summed E-state index contributed by atoms with van der Waals surface area (Å²) in [7, 11) is 0. The number of fused-ring (bicyclic) bond motifs is 1. The summed E-state index contributed by atoms with van der Waals surface area (Å²) in [6, 6.07) is 0.513. The van der Waals surface area contributed by atoms with E-state index in [1.807, 2.05) is 4.68 Å². The summed E-state index contributed by atoms with van der Waals surface area (Å²) >= 11 is 0. The summed E-state index contributed by atoms with van der Waals surface area (Å²) in [5, 5.41) is 8.66. The average molecular weight is 284 g/mol. The smallest absolute Gasteiger partial charge is 0.184 e. The lowest BCUT2D eigenvalue weighted by atomic mass is 9.68. The third-order valence-electron chi connectivity index (χ3n) is 5.40. The van der Waals surface area contributed by atoms with Crippen molar-refractivity contribution in [3.63, 3.8) is 0 Å². The first-order chi connectivity index (χ1) is 10.3. The molecule has 0 N–H and O–H groups in total. The van der Waals surface area contributed by atoms with Crippen molar-refractivity contribution in [2.75, 3.05) is 18.0 Å². The van der Waals surface area contributed by atoms with Gasteiger partial charge in [-0.05, 0) is 25.7 Å². The Morgan fingerprint density at radius 2 is 1.86 bits per heavy atom. The van der Waals surface area contributed by atoms with Gasteiger partial charge in [-0.15, -0.1) is 5.10 Å². The minimum atomic E-state index is 0.513. The molecule has 3 heterocycles. The van der Waals surface area contributed by atoms with Crippen molar-refractivity contribution in [2.45, 2.75) is 51.0 Å². The quantitative estimate of drug-likeness (QED) is 0.847. The van der Waals surface area contributed by atoms with Gasteiger partial charge in [-0.1, -0.05) is 24.5 Å². The molecule has 1 saturated heterocycles. The number of aromatic nitrogens is 5. The van der Waals surface area contributed by atoms with Gasteiger partial charge >= 0.3 is 0 Å². The zero-order chi connectivity index (χ0) is 13.9. The molecule has 0 bridgehead atoms. The van der Waals surface area contributed by atoms with E-state index in [0.717, 1.165) is 30.1 Å². The van der Waals surface area contributed by atoms with Gasteiger partial charge in [0.1, 0.15) is 6.33 Å². The van der Waals surface area contributed by atoms with E-state index < -0.39 is 0 Å². The van der Waals surface area contributed by atoms with Crippen molar-refractivity contribution in [3.05, 3.63) is 6.33 Å². The highest BCUT2D eigenvalue weighted by atomic mass is 15.5. The van der Waals surface area contributed by atoms with E-state index in [1.165, 1.54) is 44.9 Å². The Bertz CT molecular complexity index is 675. The zero-order valence-corrected chi connectivity index (χ0v) is 12.2. The van der Waals surface area contributed by atoms with Gasteiger partial charge in [-0.2, -0.15) is 0 Å². The van der Waals surface area contributed by atoms with Gasteiger partial charge in [0.15, 0.2) is 17.0 Å². The van der Waals surface area contributed by atoms with Gasteiger partial charge < -0.3 is 4.90 Å². The second-order valence-electron chi connectivity index (χ2n) is 7.05. The Balaban J connectivity index is 1.46. The van der Waals surface area contributed by atoms with Crippen LogP contribution in [0.15, 0.2) is 6.33 Å². The molecule has 5 rings (SSSR count). The van der Waals surface area contributed by atoms with Crippen LogP contribution >= 0.6 is 0 Å². The van der Waals surface area contributed by atoms with E-state index in [4.69, 9.17) is 0 Å². The van der Waals surface area contributed by atoms with E-state index in [-0.39, 0.29) is 0 Å². The third-order valence-corrected chi connectivity index (χ3v) is 5.40. The van der Waals surface area contributed by atoms with E-state index in [2.05, 4.69) is 25.2 Å². The average Bonchev–Trinajstić information content (AvgIpc) is 3.24. The van der Waals surface area contributed by atoms with Crippen LogP contribution in [0.1, 0.15) is 51.0 Å². The maximum absolute atomic E-state index is 4.50. The molecule has 0 amide bonds. The summed E-state index contributed by atoms with van der Waals surface area (Å²) in [6.45, 7) is 2.27. The van der Waals surface area contributed by atoms with Crippen molar-refractivity contribution in [1.82, 2.24) is 25.0 Å². The van der Waals surface area contributed by atoms with Crippen molar-refractivity contribution in [3.8, 4) is 0 Å². The van der Waals surface area contributed by atoms with Gasteiger partial charge in [0.05, 0.1) is 6.04 Å². The molecule has 21 heavy (non-hydrogen) atoms. The molecule has 1 aliphatic heterocycles. The summed E-state index contributed by atoms with van der Waals surface area (Å²) in [6.07, 6.45) is 11.0. The number of anilines is 1. The predicted octanol–water partition coefficient (Wildman–Crippen LogP) is 2.33. The van der Waals surface area contributed by atoms with Gasteiger partial charge in [0.2, 0.25) is 0 Å². The SMILES string of the molecule is c1nc(N2CC3(CCCCC3)C2)c2nnn(C3CC3)c2n1. The standard InChI is InChI=1S/C15H20N6/c1-2-6-15(7-3-1)8-20(9-15)13-12-14(17-10-16-13)21(19-18-12)11-4-5-11/h10-11H,1-9H2. The molecule has 0 unspecified atom stereocenters. The fourth-order valence-electron chi connectivity index (χ4n) is 4.08. The van der Waals surface area contributed by atoms with Crippen molar-refractivity contribution in [2.24, 2.45) is 5.41 Å². The molecule has 0 radical (unpaired) electrons. The van der Waals surface area contributed by atoms with Gasteiger partial charge in [-0.3, -0.25) is 0 Å². The second-order valence-corrected chi connectivity index (χ2v) is 7.05. The van der Waals surface area contributed by atoms with Crippen LogP contribution in [0.3, 0.4) is 0 Å². The second kappa shape index (κ2) is 4.15. The lowest BCUT2D eigenvalue weighted by Gasteiger charge is -2.52. The third kappa shape index (κ3) is 1.77. The van der Waals surface area contributed by atoms with Crippen LogP contribution in [0.25, 0.3) is 11.2 Å².